The molecule has 0 saturated heterocycles. The Kier molecular flexibility index (Phi) is 6.51. The molecule has 0 atom stereocenters. The van der Waals surface area contributed by atoms with Crippen LogP contribution in [0, 0.1) is 12.7 Å². The van der Waals surface area contributed by atoms with Gasteiger partial charge in [0.05, 0.1) is 12.8 Å². The van der Waals surface area contributed by atoms with Crippen molar-refractivity contribution in [2.24, 2.45) is 0 Å². The predicted molar refractivity (Wildman–Crippen MR) is 131 cm³/mol. The number of nitrogens with one attached hydrogen (secondary N) is 1. The number of hydrogen-bond donors (Lipinski definition) is 1. The van der Waals surface area contributed by atoms with E-state index in [1.165, 1.54) is 25.3 Å². The molecule has 0 fully saturated rings. The average Bonchev–Trinajstić information content (AvgIpc) is 2.83. The minimum Gasteiger partial charge on any atom is -0.495 e. The number of benzene rings is 4. The molecule has 8 heteroatoms. The van der Waals surface area contributed by atoms with Gasteiger partial charge in [-0.15, -0.1) is 0 Å². The topological polar surface area (TPSA) is 75.7 Å². The summed E-state index contributed by atoms with van der Waals surface area (Å²) in [4.78, 5) is 13.0. The van der Waals surface area contributed by atoms with Crippen molar-refractivity contribution in [3.63, 3.8) is 0 Å². The maximum atomic E-state index is 13.7. The molecule has 6 nitrogen and oxygen atoms in total. The summed E-state index contributed by atoms with van der Waals surface area (Å²) in [6.45, 7) is 1.24. The van der Waals surface area contributed by atoms with Crippen LogP contribution in [0.1, 0.15) is 5.56 Å². The van der Waals surface area contributed by atoms with Gasteiger partial charge in [-0.2, -0.15) is 0 Å². The minimum atomic E-state index is -4.24. The molecule has 0 aliphatic carbocycles. The van der Waals surface area contributed by atoms with Gasteiger partial charge in [-0.25, -0.2) is 12.8 Å². The molecule has 4 aromatic carbocycles. The van der Waals surface area contributed by atoms with Gasteiger partial charge < -0.3 is 10.1 Å². The lowest BCUT2D eigenvalue weighted by Gasteiger charge is -2.25. The monoisotopic (exact) mass is 478 g/mol. The lowest BCUT2D eigenvalue weighted by atomic mass is 10.1. The van der Waals surface area contributed by atoms with E-state index in [9.17, 15) is 17.6 Å². The van der Waals surface area contributed by atoms with E-state index < -0.39 is 28.3 Å². The number of anilines is 2. The minimum absolute atomic E-state index is 0.0858. The average molecular weight is 479 g/mol. The molecule has 0 aliphatic rings. The van der Waals surface area contributed by atoms with Gasteiger partial charge >= 0.3 is 0 Å². The van der Waals surface area contributed by atoms with Gasteiger partial charge in [0.1, 0.15) is 23.0 Å². The van der Waals surface area contributed by atoms with Gasteiger partial charge in [0, 0.05) is 11.1 Å². The molecule has 1 amide bonds. The van der Waals surface area contributed by atoms with E-state index in [1.54, 1.807) is 25.1 Å². The quantitative estimate of drug-likeness (QED) is 0.400. The second-order valence-corrected chi connectivity index (χ2v) is 9.55. The van der Waals surface area contributed by atoms with Gasteiger partial charge in [-0.1, -0.05) is 42.5 Å². The highest BCUT2D eigenvalue weighted by molar-refractivity contribution is 7.93. The second kappa shape index (κ2) is 9.52. The first-order valence-electron chi connectivity index (χ1n) is 10.5. The Morgan fingerprint density at radius 3 is 2.41 bits per heavy atom. The van der Waals surface area contributed by atoms with Gasteiger partial charge in [0.2, 0.25) is 5.91 Å². The van der Waals surface area contributed by atoms with Crippen LogP contribution in [0.5, 0.6) is 5.75 Å². The molecule has 34 heavy (non-hydrogen) atoms. The van der Waals surface area contributed by atoms with E-state index in [-0.39, 0.29) is 16.3 Å². The molecule has 174 valence electrons. The molecule has 4 rings (SSSR count). The van der Waals surface area contributed by atoms with Gasteiger partial charge in [0.15, 0.2) is 0 Å². The third-order valence-electron chi connectivity index (χ3n) is 5.35. The van der Waals surface area contributed by atoms with Crippen molar-refractivity contribution in [1.29, 1.82) is 0 Å². The van der Waals surface area contributed by atoms with Crippen molar-refractivity contribution >= 4 is 38.1 Å². The van der Waals surface area contributed by atoms with E-state index in [1.807, 2.05) is 36.4 Å². The number of nitrogens with zero attached hydrogens (tertiary/aromatic N) is 1. The largest absolute Gasteiger partial charge is 0.495 e. The van der Waals surface area contributed by atoms with E-state index in [2.05, 4.69) is 5.32 Å². The van der Waals surface area contributed by atoms with E-state index in [0.29, 0.717) is 11.3 Å². The molecule has 0 aromatic heterocycles. The number of hydrogen-bond acceptors (Lipinski definition) is 4. The van der Waals surface area contributed by atoms with Crippen molar-refractivity contribution in [3.8, 4) is 5.75 Å². The van der Waals surface area contributed by atoms with Crippen LogP contribution in [0.4, 0.5) is 15.8 Å². The number of amides is 1. The van der Waals surface area contributed by atoms with Crippen molar-refractivity contribution in [3.05, 3.63) is 96.3 Å². The fraction of sp³-hybridized carbons (Fsp3) is 0.115. The zero-order chi connectivity index (χ0) is 24.3. The third kappa shape index (κ3) is 4.72. The molecule has 0 saturated carbocycles. The van der Waals surface area contributed by atoms with Crippen LogP contribution in [-0.2, 0) is 14.8 Å². The molecule has 0 radical (unpaired) electrons. The van der Waals surface area contributed by atoms with E-state index >= 15 is 0 Å². The third-order valence-corrected chi connectivity index (χ3v) is 7.15. The Hall–Kier alpha value is -3.91. The number of carbonyl (C=O) groups excluding carboxylic acids is 1. The molecule has 0 spiro atoms. The highest BCUT2D eigenvalue weighted by atomic mass is 32.2. The fourth-order valence-corrected chi connectivity index (χ4v) is 5.35. The Labute approximate surface area is 197 Å². The molecule has 0 unspecified atom stereocenters. The van der Waals surface area contributed by atoms with Crippen LogP contribution in [0.15, 0.2) is 89.8 Å². The standard InChI is InChI=1S/C26H23FN2O4S/c1-18-10-15-24(33-2)25(16-18)34(31,32)29(21-13-11-20(27)12-14-21)17-26(30)28-23-9-5-7-19-6-3-4-8-22(19)23/h3-16H,17H2,1-2H3,(H,28,30). The van der Waals surface area contributed by atoms with Crippen LogP contribution < -0.4 is 14.4 Å². The number of halogens is 1. The number of carbonyl (C=O) groups is 1. The maximum Gasteiger partial charge on any atom is 0.268 e. The zero-order valence-electron chi connectivity index (χ0n) is 18.7. The number of sulfonamides is 1. The van der Waals surface area contributed by atoms with Crippen LogP contribution in [-0.4, -0.2) is 28.0 Å². The molecular weight excluding hydrogens is 455 g/mol. The molecule has 1 N–H and O–H groups in total. The highest BCUT2D eigenvalue weighted by Crippen LogP contribution is 2.31. The summed E-state index contributed by atoms with van der Waals surface area (Å²) in [6.07, 6.45) is 0. The first-order valence-corrected chi connectivity index (χ1v) is 11.9. The van der Waals surface area contributed by atoms with Crippen LogP contribution in [0.2, 0.25) is 0 Å². The van der Waals surface area contributed by atoms with Crippen molar-refractivity contribution in [1.82, 2.24) is 0 Å². The number of aryl methyl sites for hydroxylation is 1. The zero-order valence-corrected chi connectivity index (χ0v) is 19.5. The molecule has 0 aliphatic heterocycles. The smallest absolute Gasteiger partial charge is 0.268 e. The number of rotatable bonds is 7. The Bertz CT molecular complexity index is 1450. The van der Waals surface area contributed by atoms with Crippen LogP contribution in [0.3, 0.4) is 0 Å². The number of methoxy groups -OCH3 is 1. The Morgan fingerprint density at radius 1 is 0.971 bits per heavy atom. The Balaban J connectivity index is 1.73. The van der Waals surface area contributed by atoms with E-state index in [0.717, 1.165) is 27.2 Å². The summed E-state index contributed by atoms with van der Waals surface area (Å²) in [6, 6.07) is 22.7. The van der Waals surface area contributed by atoms with Crippen LogP contribution >= 0.6 is 0 Å². The van der Waals surface area contributed by atoms with E-state index in [4.69, 9.17) is 4.74 Å². The highest BCUT2D eigenvalue weighted by Gasteiger charge is 2.30. The predicted octanol–water partition coefficient (Wildman–Crippen LogP) is 5.13. The lowest BCUT2D eigenvalue weighted by molar-refractivity contribution is -0.114. The fourth-order valence-electron chi connectivity index (χ4n) is 3.68. The number of fused-ring (bicyclic) bond motifs is 1. The second-order valence-electron chi connectivity index (χ2n) is 7.72. The van der Waals surface area contributed by atoms with Gasteiger partial charge in [0.25, 0.3) is 10.0 Å². The normalized spacial score (nSPS) is 11.3. The number of ether oxygens (including phenoxy) is 1. The summed E-state index contributed by atoms with van der Waals surface area (Å²) in [5.74, 6) is -0.919. The molecule has 0 bridgehead atoms. The van der Waals surface area contributed by atoms with Crippen molar-refractivity contribution in [2.75, 3.05) is 23.3 Å². The summed E-state index contributed by atoms with van der Waals surface area (Å²) in [5, 5.41) is 4.58. The van der Waals surface area contributed by atoms with Gasteiger partial charge in [-0.3, -0.25) is 9.10 Å². The van der Waals surface area contributed by atoms with Crippen molar-refractivity contribution in [2.45, 2.75) is 11.8 Å². The molecular formula is C26H23FN2O4S. The Morgan fingerprint density at radius 2 is 1.68 bits per heavy atom. The van der Waals surface area contributed by atoms with Gasteiger partial charge in [-0.05, 0) is 60.3 Å². The van der Waals surface area contributed by atoms with Crippen LogP contribution in [0.25, 0.3) is 10.8 Å². The maximum absolute atomic E-state index is 13.7. The SMILES string of the molecule is COc1ccc(C)cc1S(=O)(=O)N(CC(=O)Nc1cccc2ccccc12)c1ccc(F)cc1. The summed E-state index contributed by atoms with van der Waals surface area (Å²) in [7, 11) is -2.86. The lowest BCUT2D eigenvalue weighted by Crippen LogP contribution is -2.38. The first-order chi connectivity index (χ1) is 16.3. The molecule has 4 aromatic rings. The summed E-state index contributed by atoms with van der Waals surface area (Å²) >= 11 is 0. The summed E-state index contributed by atoms with van der Waals surface area (Å²) in [5.41, 5.74) is 1.42. The summed E-state index contributed by atoms with van der Waals surface area (Å²) < 4.78 is 47.2. The first kappa shape index (κ1) is 23.3. The van der Waals surface area contributed by atoms with Crippen molar-refractivity contribution < 1.29 is 22.3 Å². The molecule has 0 heterocycles.